The number of carboxylic acid groups (broad SMARTS) is 1. The number of carbonyl (C=O) groups is 6. The van der Waals surface area contributed by atoms with E-state index in [2.05, 4.69) is 12.6 Å². The Bertz CT molecular complexity index is 7070. The van der Waals surface area contributed by atoms with E-state index in [1.165, 1.54) is 101 Å². The molecule has 0 saturated heterocycles. The first-order valence-electron chi connectivity index (χ1n) is 48.0. The van der Waals surface area contributed by atoms with Crippen LogP contribution in [0, 0.1) is 60.7 Å². The second-order valence-corrected chi connectivity index (χ2v) is 36.3. The van der Waals surface area contributed by atoms with Crippen LogP contribution in [-0.2, 0) is 107 Å². The summed E-state index contributed by atoms with van der Waals surface area (Å²) in [4.78, 5) is 136. The first-order chi connectivity index (χ1) is 71.9. The van der Waals surface area contributed by atoms with Gasteiger partial charge in [0.1, 0.15) is 35.1 Å². The number of non-ortho nitro benzene ring substituents is 6. The summed E-state index contributed by atoms with van der Waals surface area (Å²) in [5.74, 6) is -4.13. The minimum Gasteiger partial charge on any atom is -0.481 e. The second-order valence-electron chi connectivity index (χ2n) is 36.3. The Morgan fingerprint density at radius 3 is 0.907 bits per heavy atom. The molecule has 6 unspecified atom stereocenters. The fourth-order valence-corrected chi connectivity index (χ4v) is 20.0. The predicted octanol–water partition coefficient (Wildman–Crippen LogP) is 21.4. The maximum absolute atomic E-state index is 13.1. The van der Waals surface area contributed by atoms with Crippen LogP contribution in [0.4, 0.5) is 34.1 Å². The van der Waals surface area contributed by atoms with Crippen molar-refractivity contribution in [2.75, 3.05) is 70.6 Å². The summed E-state index contributed by atoms with van der Waals surface area (Å²) in [5.41, 5.74) is 17.8. The van der Waals surface area contributed by atoms with Gasteiger partial charge in [0.15, 0.2) is 23.1 Å². The Morgan fingerprint density at radius 1 is 0.340 bits per heavy atom. The number of nitro benzene ring substituents is 6. The van der Waals surface area contributed by atoms with Gasteiger partial charge in [-0.1, -0.05) is 115 Å². The number of nitrogens with zero attached hydrogens (tertiary/aromatic N) is 6. The molecule has 12 aromatic rings. The number of hydrogen-bond acceptors (Lipinski definition) is 29. The van der Waals surface area contributed by atoms with E-state index in [4.69, 9.17) is 52.5 Å². The first kappa shape index (κ1) is 111. The van der Waals surface area contributed by atoms with E-state index < -0.39 is 76.0 Å². The van der Waals surface area contributed by atoms with E-state index in [1.54, 1.807) is 146 Å². The zero-order chi connectivity index (χ0) is 108. The lowest BCUT2D eigenvalue weighted by Crippen LogP contribution is -2.47. The molecule has 0 fully saturated rings. The Morgan fingerprint density at radius 2 is 0.613 bits per heavy atom. The van der Waals surface area contributed by atoms with Crippen LogP contribution in [0.3, 0.4) is 0 Å². The number of aliphatic hydroxyl groups excluding tert-OH is 1. The molecule has 0 radical (unpaired) electrons. The van der Waals surface area contributed by atoms with Crippen LogP contribution in [0.2, 0.25) is 0 Å². The number of ketones is 4. The van der Waals surface area contributed by atoms with Gasteiger partial charge in [0.25, 0.3) is 34.1 Å². The van der Waals surface area contributed by atoms with Gasteiger partial charge >= 0.3 is 11.9 Å². The van der Waals surface area contributed by atoms with Crippen LogP contribution < -0.4 is 0 Å². The summed E-state index contributed by atoms with van der Waals surface area (Å²) in [6.45, 7) is 5.70. The average molecular weight is 2050 g/mol. The molecular formula is C114H112N6O30. The number of methoxy groups -OCH3 is 9. The van der Waals surface area contributed by atoms with Crippen LogP contribution in [0.5, 0.6) is 0 Å². The van der Waals surface area contributed by atoms with E-state index in [0.717, 1.165) is 137 Å². The van der Waals surface area contributed by atoms with E-state index in [9.17, 15) is 94.6 Å². The monoisotopic (exact) mass is 2040 g/mol. The number of carboxylic acids is 1. The molecule has 6 atom stereocenters. The second kappa shape index (κ2) is 48.8. The Kier molecular flexibility index (Phi) is 36.1. The van der Waals surface area contributed by atoms with Crippen molar-refractivity contribution in [2.45, 2.75) is 150 Å². The third-order valence-corrected chi connectivity index (χ3v) is 28.3. The smallest absolute Gasteiger partial charge is 0.309 e. The third-order valence-electron chi connectivity index (χ3n) is 28.3. The highest BCUT2D eigenvalue weighted by Crippen LogP contribution is 2.47. The Labute approximate surface area is 862 Å². The molecular weight excluding hydrogens is 1930 g/mol. The van der Waals surface area contributed by atoms with Crippen molar-refractivity contribution in [2.24, 2.45) is 0 Å². The molecule has 0 saturated carbocycles. The van der Waals surface area contributed by atoms with Gasteiger partial charge < -0.3 is 57.6 Å². The maximum Gasteiger partial charge on any atom is 0.309 e. The Hall–Kier alpha value is -16.0. The number of benzene rings is 12. The van der Waals surface area contributed by atoms with Gasteiger partial charge in [-0.3, -0.25) is 89.5 Å². The first-order valence-corrected chi connectivity index (χ1v) is 48.0. The lowest BCUT2D eigenvalue weighted by Gasteiger charge is -2.42. The number of aliphatic hydroxyl groups is 1. The predicted molar refractivity (Wildman–Crippen MR) is 555 cm³/mol. The molecule has 36 heteroatoms. The zero-order valence-electron chi connectivity index (χ0n) is 84.1. The molecule has 6 aliphatic carbocycles. The van der Waals surface area contributed by atoms with E-state index >= 15 is 0 Å². The van der Waals surface area contributed by atoms with Gasteiger partial charge in [-0.25, -0.2) is 0 Å². The van der Waals surface area contributed by atoms with Gasteiger partial charge in [0.2, 0.25) is 11.6 Å². The van der Waals surface area contributed by atoms with Crippen LogP contribution >= 0.6 is 0 Å². The van der Waals surface area contributed by atoms with Gasteiger partial charge in [0, 0.05) is 177 Å². The molecule has 6 aliphatic rings. The largest absolute Gasteiger partial charge is 0.481 e. The van der Waals surface area contributed by atoms with Crippen molar-refractivity contribution in [1.82, 2.24) is 0 Å². The summed E-state index contributed by atoms with van der Waals surface area (Å²) >= 11 is 0. The van der Waals surface area contributed by atoms with Gasteiger partial charge in [-0.05, 0) is 257 Å². The fraction of sp³-hybridized carbons (Fsp3) is 0.298. The van der Waals surface area contributed by atoms with Crippen molar-refractivity contribution in [3.63, 3.8) is 0 Å². The minimum absolute atomic E-state index is 0.00796. The highest BCUT2D eigenvalue weighted by Gasteiger charge is 2.50. The average Bonchev–Trinajstić information content (AvgIpc) is 0.762. The zero-order valence-corrected chi connectivity index (χ0v) is 84.1. The molecule has 18 rings (SSSR count). The summed E-state index contributed by atoms with van der Waals surface area (Å²) < 4.78 is 54.6. The van der Waals surface area contributed by atoms with E-state index in [1.807, 2.05) is 78.9 Å². The molecule has 0 spiro atoms. The normalized spacial score (nSPS) is 18.6. The number of esters is 1. The number of carbonyl (C=O) groups excluding carboxylic acids is 5. The molecule has 36 nitrogen and oxygen atoms in total. The number of hydrogen-bond donors (Lipinski definition) is 2. The van der Waals surface area contributed by atoms with Gasteiger partial charge in [-0.15, -0.1) is 6.58 Å². The van der Waals surface area contributed by atoms with Gasteiger partial charge in [0.05, 0.1) is 49.0 Å². The maximum atomic E-state index is 13.1. The highest BCUT2D eigenvalue weighted by molar-refractivity contribution is 6.08. The molecule has 150 heavy (non-hydrogen) atoms. The molecule has 0 bridgehead atoms. The summed E-state index contributed by atoms with van der Waals surface area (Å²) in [5, 5.41) is 84.0. The van der Waals surface area contributed by atoms with Crippen molar-refractivity contribution >= 4 is 69.2 Å². The van der Waals surface area contributed by atoms with Crippen molar-refractivity contribution in [3.05, 3.63) is 395 Å². The summed E-state index contributed by atoms with van der Waals surface area (Å²) in [7, 11) is 13.9. The number of fused-ring (bicyclic) bond motifs is 6. The topological polar surface area (TPSA) is 494 Å². The highest BCUT2D eigenvalue weighted by atomic mass is 16.7. The number of aryl methyl sites for hydroxylation is 6. The molecule has 0 aliphatic heterocycles. The van der Waals surface area contributed by atoms with E-state index in [0.29, 0.717) is 80.0 Å². The van der Waals surface area contributed by atoms with Crippen LogP contribution in [0.1, 0.15) is 151 Å². The van der Waals surface area contributed by atoms with Crippen molar-refractivity contribution in [1.29, 1.82) is 0 Å². The number of nitro groups is 6. The number of ether oxygens (including phenoxy) is 10. The molecule has 12 aromatic carbocycles. The molecule has 0 amide bonds. The number of Topliss-reactive ketones (excluding diaryl/α,β-unsaturated/α-hetero) is 4. The van der Waals surface area contributed by atoms with Crippen LogP contribution in [0.15, 0.2) is 267 Å². The number of aliphatic carboxylic acids is 1. The third kappa shape index (κ3) is 24.0. The van der Waals surface area contributed by atoms with Crippen LogP contribution in [0.25, 0.3) is 66.8 Å². The quantitative estimate of drug-likeness (QED) is 0.0151. The molecule has 0 aromatic heterocycles. The minimum atomic E-state index is -1.33. The Balaban J connectivity index is 0.000000150. The lowest BCUT2D eigenvalue weighted by atomic mass is 9.76. The standard InChI is InChI=1S/C21H21NO6.C20H19NO4.C19H17NO6.C19H21NO5.C18H19NO5.C17H15NO4/c1-3-28-19(23)13-21(27-2)11-10-16-12-15(6-9-18(16)20(21)24)14-4-7-17(8-5-14)22(25)26;1-3-11-20(25-2)12-10-16-13-15(6-9-18(16)19(20)22)14-4-7-17(8-5-14)21(23)24;1-26-19(11-17(21)22)9-8-14-10-13(4-7-16(14)18(19)23)12-2-5-15(6-3-12)20(24)25;1-23-18-11-7-15-12-14(6-10-17(15)19(18,24-2)25-3)13-4-8-16(9-5-13)20(21)22;1-23-18(24-2)16-9-5-13(11-14(16)6-10-17(18)20)12-3-7-15(8-4-12)19(21)22;1-22-16-9-5-13-10-12(4-8-15(13)17(16)19)11-2-6-14(7-3-11)18(20)21/h4-9,12H,3,10-11,13H2,1-2H3;3-9,13H,1,10-12H2,2H3;2-7,10H,8-9,11H2,1H3,(H,21,22);4-6,8-10,12,18H,7,11H2,1-3H3;3-5,7-9,11,17,20H,6,10H2,1-2H3;2-4,6-8,10,16H,5,9H2,1H3. The molecule has 0 heterocycles. The van der Waals surface area contributed by atoms with Gasteiger partial charge in [-0.2, -0.15) is 0 Å². The SMILES string of the molecule is C=CCC1(OC)CCc2cc(-c3ccc([N+](=O)[O-])cc3)ccc2C1=O.CCOC(=O)CC1(OC)CCc2cc(-c3ccc([N+](=O)[O-])cc3)ccc2C1=O.COC1(CC(=O)O)CCc2cc(-c3ccc([N+](=O)[O-])cc3)ccc2C1=O.COC1(OC)c2ccc(-c3ccc([N+](=O)[O-])cc3)cc2CCC1O.COC1CCc2cc(-c3ccc([N+](=O)[O-])cc3)ccc2C1(OC)OC.COC1CCc2cc(-c3ccc([N+](=O)[O-])cc3)ccc2C1=O. The van der Waals surface area contributed by atoms with Crippen molar-refractivity contribution < 1.29 is 116 Å². The van der Waals surface area contributed by atoms with Crippen molar-refractivity contribution in [3.8, 4) is 66.8 Å². The molecule has 2 N–H and O–H groups in total. The van der Waals surface area contributed by atoms with E-state index in [-0.39, 0.29) is 88.9 Å². The summed E-state index contributed by atoms with van der Waals surface area (Å²) in [6, 6.07) is 72.3. The summed E-state index contributed by atoms with van der Waals surface area (Å²) in [6.07, 6.45) is 7.97. The molecule has 778 valence electrons. The lowest BCUT2D eigenvalue weighted by molar-refractivity contribution is -0.385. The van der Waals surface area contributed by atoms with Crippen LogP contribution in [-0.4, -0.2) is 181 Å². The number of rotatable bonds is 28. The fourth-order valence-electron chi connectivity index (χ4n) is 20.0.